The Hall–Kier alpha value is -3.03. The number of alkyl halides is 6. The van der Waals surface area contributed by atoms with E-state index in [2.05, 4.69) is 0 Å². The first-order valence-electron chi connectivity index (χ1n) is 8.30. The molecule has 0 saturated heterocycles. The molecule has 0 unspecified atom stereocenters. The monoisotopic (exact) mass is 414 g/mol. The number of hydrogen-bond donors (Lipinski definition) is 1. The van der Waals surface area contributed by atoms with Gasteiger partial charge < -0.3 is 5.11 Å². The van der Waals surface area contributed by atoms with Gasteiger partial charge >= 0.3 is 12.4 Å². The van der Waals surface area contributed by atoms with Crippen molar-refractivity contribution in [1.82, 2.24) is 0 Å². The van der Waals surface area contributed by atoms with Crippen LogP contribution in [0.15, 0.2) is 60.7 Å². The molecule has 29 heavy (non-hydrogen) atoms. The number of benzene rings is 3. The summed E-state index contributed by atoms with van der Waals surface area (Å²) in [7, 11) is 0. The van der Waals surface area contributed by atoms with Crippen LogP contribution in [0, 0.1) is 5.82 Å². The van der Waals surface area contributed by atoms with Gasteiger partial charge in [0.25, 0.3) is 0 Å². The topological polar surface area (TPSA) is 20.2 Å². The van der Waals surface area contributed by atoms with Crippen molar-refractivity contribution in [2.24, 2.45) is 0 Å². The Morgan fingerprint density at radius 2 is 1.17 bits per heavy atom. The molecule has 0 aromatic heterocycles. The Balaban J connectivity index is 2.08. The zero-order chi connectivity index (χ0) is 21.4. The fraction of sp³-hybridized carbons (Fsp3) is 0.143. The van der Waals surface area contributed by atoms with Gasteiger partial charge in [0.05, 0.1) is 11.1 Å². The van der Waals surface area contributed by atoms with E-state index in [0.717, 1.165) is 0 Å². The highest BCUT2D eigenvalue weighted by Gasteiger charge is 2.37. The summed E-state index contributed by atoms with van der Waals surface area (Å²) in [6.07, 6.45) is -9.73. The van der Waals surface area contributed by atoms with E-state index in [1.807, 2.05) is 0 Å². The number of aromatic hydroxyl groups is 1. The Morgan fingerprint density at radius 3 is 1.69 bits per heavy atom. The lowest BCUT2D eigenvalue weighted by Crippen LogP contribution is -2.11. The zero-order valence-corrected chi connectivity index (χ0v) is 14.6. The summed E-state index contributed by atoms with van der Waals surface area (Å²) in [4.78, 5) is 0. The molecule has 0 amide bonds. The quantitative estimate of drug-likeness (QED) is 0.466. The minimum Gasteiger partial charge on any atom is -0.507 e. The van der Waals surface area contributed by atoms with E-state index < -0.39 is 40.6 Å². The van der Waals surface area contributed by atoms with Crippen LogP contribution in [0.5, 0.6) is 5.75 Å². The fourth-order valence-electron chi connectivity index (χ4n) is 2.87. The summed E-state index contributed by atoms with van der Waals surface area (Å²) in [6, 6.07) is 10.6. The second-order valence-corrected chi connectivity index (χ2v) is 6.45. The minimum atomic E-state index is -4.99. The predicted octanol–water partition coefficient (Wildman–Crippen LogP) is 6.83. The van der Waals surface area contributed by atoms with Gasteiger partial charge in [-0.3, -0.25) is 0 Å². The maximum atomic E-state index is 13.1. The molecule has 3 rings (SSSR count). The lowest BCUT2D eigenvalue weighted by molar-refractivity contribution is -0.143. The van der Waals surface area contributed by atoms with Crippen LogP contribution >= 0.6 is 0 Å². The third-order valence-corrected chi connectivity index (χ3v) is 4.28. The van der Waals surface area contributed by atoms with Gasteiger partial charge in [-0.2, -0.15) is 26.3 Å². The van der Waals surface area contributed by atoms with Gasteiger partial charge in [0.2, 0.25) is 0 Å². The highest BCUT2D eigenvalue weighted by atomic mass is 19.4. The van der Waals surface area contributed by atoms with Crippen LogP contribution < -0.4 is 0 Å². The molecule has 0 atom stereocenters. The van der Waals surface area contributed by atoms with Crippen molar-refractivity contribution >= 4 is 0 Å². The Labute approximate surface area is 161 Å². The molecular weight excluding hydrogens is 401 g/mol. The summed E-state index contributed by atoms with van der Waals surface area (Å²) in [6.45, 7) is 0. The van der Waals surface area contributed by atoms with E-state index in [9.17, 15) is 35.8 Å². The van der Waals surface area contributed by atoms with E-state index in [-0.39, 0.29) is 18.1 Å². The van der Waals surface area contributed by atoms with Gasteiger partial charge in [-0.15, -0.1) is 0 Å². The summed E-state index contributed by atoms with van der Waals surface area (Å²) < 4.78 is 91.6. The average Bonchev–Trinajstić information content (AvgIpc) is 2.63. The van der Waals surface area contributed by atoms with E-state index in [4.69, 9.17) is 0 Å². The van der Waals surface area contributed by atoms with Crippen LogP contribution in [-0.4, -0.2) is 5.11 Å². The van der Waals surface area contributed by atoms with Crippen LogP contribution in [0.2, 0.25) is 0 Å². The second-order valence-electron chi connectivity index (χ2n) is 6.45. The molecule has 0 saturated carbocycles. The van der Waals surface area contributed by atoms with Crippen molar-refractivity contribution in [2.75, 3.05) is 0 Å². The van der Waals surface area contributed by atoms with E-state index in [1.54, 1.807) is 0 Å². The summed E-state index contributed by atoms with van der Waals surface area (Å²) in [5, 5.41) is 10.1. The highest BCUT2D eigenvalue weighted by Crippen LogP contribution is 2.40. The normalized spacial score (nSPS) is 12.2. The van der Waals surface area contributed by atoms with E-state index in [0.29, 0.717) is 23.3 Å². The largest absolute Gasteiger partial charge is 0.507 e. The standard InChI is InChI=1S/C21H13F7O/c22-17-4-1-12(2-5-17)7-13-3-6-19(29)18(8-13)14-9-15(20(23,24)25)11-16(10-14)21(26,27)28/h1-6,8-11,29H,7H2. The summed E-state index contributed by atoms with van der Waals surface area (Å²) in [5.74, 6) is -0.899. The number of hydrogen-bond acceptors (Lipinski definition) is 1. The molecule has 0 spiro atoms. The smallest absolute Gasteiger partial charge is 0.416 e. The fourth-order valence-corrected chi connectivity index (χ4v) is 2.87. The maximum absolute atomic E-state index is 13.1. The molecule has 0 aliphatic heterocycles. The van der Waals surface area contributed by atoms with Crippen molar-refractivity contribution in [3.8, 4) is 16.9 Å². The minimum absolute atomic E-state index is 0.0307. The molecule has 0 radical (unpaired) electrons. The first kappa shape index (κ1) is 20.7. The van der Waals surface area contributed by atoms with Crippen molar-refractivity contribution in [3.63, 3.8) is 0 Å². The first-order valence-corrected chi connectivity index (χ1v) is 8.30. The number of halogens is 7. The molecule has 0 heterocycles. The zero-order valence-electron chi connectivity index (χ0n) is 14.6. The van der Waals surface area contributed by atoms with Crippen LogP contribution in [0.4, 0.5) is 30.7 Å². The maximum Gasteiger partial charge on any atom is 0.416 e. The van der Waals surface area contributed by atoms with Gasteiger partial charge in [0, 0.05) is 5.56 Å². The van der Waals surface area contributed by atoms with Crippen LogP contribution in [0.3, 0.4) is 0 Å². The van der Waals surface area contributed by atoms with Gasteiger partial charge in [-0.05, 0) is 65.6 Å². The number of phenolic OH excluding ortho intramolecular Hbond substituents is 1. The molecule has 8 heteroatoms. The Kier molecular flexibility index (Phi) is 5.30. The lowest BCUT2D eigenvalue weighted by Gasteiger charge is -2.15. The molecular formula is C21H13F7O. The van der Waals surface area contributed by atoms with Crippen molar-refractivity contribution < 1.29 is 35.8 Å². The van der Waals surface area contributed by atoms with Gasteiger partial charge in [0.1, 0.15) is 11.6 Å². The molecule has 0 aliphatic carbocycles. The average molecular weight is 414 g/mol. The summed E-state index contributed by atoms with van der Waals surface area (Å²) in [5.41, 5.74) is -2.30. The molecule has 0 fully saturated rings. The molecule has 3 aromatic rings. The van der Waals surface area contributed by atoms with Crippen molar-refractivity contribution in [2.45, 2.75) is 18.8 Å². The van der Waals surface area contributed by atoms with Crippen LogP contribution in [0.25, 0.3) is 11.1 Å². The van der Waals surface area contributed by atoms with Crippen molar-refractivity contribution in [3.05, 3.63) is 88.7 Å². The number of rotatable bonds is 3. The third kappa shape index (κ3) is 4.88. The Morgan fingerprint density at radius 1 is 0.655 bits per heavy atom. The van der Waals surface area contributed by atoms with Gasteiger partial charge in [-0.1, -0.05) is 18.2 Å². The molecule has 1 N–H and O–H groups in total. The van der Waals surface area contributed by atoms with Crippen LogP contribution in [-0.2, 0) is 18.8 Å². The van der Waals surface area contributed by atoms with Gasteiger partial charge in [-0.25, -0.2) is 4.39 Å². The Bertz CT molecular complexity index is 986. The highest BCUT2D eigenvalue weighted by molar-refractivity contribution is 5.72. The first-order chi connectivity index (χ1) is 13.4. The molecule has 152 valence electrons. The molecule has 0 bridgehead atoms. The third-order valence-electron chi connectivity index (χ3n) is 4.28. The lowest BCUT2D eigenvalue weighted by atomic mass is 9.95. The predicted molar refractivity (Wildman–Crippen MR) is 92.8 cm³/mol. The van der Waals surface area contributed by atoms with E-state index in [1.165, 1.54) is 42.5 Å². The SMILES string of the molecule is Oc1ccc(Cc2ccc(F)cc2)cc1-c1cc(C(F)(F)F)cc(C(F)(F)F)c1. The van der Waals surface area contributed by atoms with Gasteiger partial charge in [0.15, 0.2) is 0 Å². The molecule has 3 aromatic carbocycles. The van der Waals surface area contributed by atoms with Crippen LogP contribution in [0.1, 0.15) is 22.3 Å². The molecule has 0 aliphatic rings. The second kappa shape index (κ2) is 7.42. The number of phenols is 1. The van der Waals surface area contributed by atoms with Crippen molar-refractivity contribution in [1.29, 1.82) is 0 Å². The van der Waals surface area contributed by atoms with E-state index >= 15 is 0 Å². The molecule has 1 nitrogen and oxygen atoms in total. The summed E-state index contributed by atoms with van der Waals surface area (Å²) >= 11 is 0.